The van der Waals surface area contributed by atoms with Crippen molar-refractivity contribution in [3.05, 3.63) is 28.7 Å². The minimum atomic E-state index is -0.828. The second-order valence-electron chi connectivity index (χ2n) is 7.22. The summed E-state index contributed by atoms with van der Waals surface area (Å²) in [4.78, 5) is 40.1. The highest BCUT2D eigenvalue weighted by atomic mass is 79.9. The number of halogens is 3. The first-order valence-electron chi connectivity index (χ1n) is 8.52. The minimum absolute atomic E-state index is 0.151. The Kier molecular flexibility index (Phi) is 4.80. The first-order chi connectivity index (χ1) is 12.3. The van der Waals surface area contributed by atoms with E-state index in [0.29, 0.717) is 5.69 Å². The van der Waals surface area contributed by atoms with Gasteiger partial charge in [0.2, 0.25) is 17.7 Å². The summed E-state index contributed by atoms with van der Waals surface area (Å²) in [7, 11) is 0. The lowest BCUT2D eigenvalue weighted by Crippen LogP contribution is -2.46. The van der Waals surface area contributed by atoms with Gasteiger partial charge in [0.1, 0.15) is 6.04 Å². The third kappa shape index (κ3) is 2.71. The first kappa shape index (κ1) is 18.6. The van der Waals surface area contributed by atoms with Gasteiger partial charge in [0, 0.05) is 19.8 Å². The number of rotatable bonds is 3. The summed E-state index contributed by atoms with van der Waals surface area (Å²) in [5.41, 5.74) is 0.630. The van der Waals surface area contributed by atoms with Crippen LogP contribution >= 0.6 is 47.8 Å². The van der Waals surface area contributed by atoms with Crippen LogP contribution in [0.3, 0.4) is 0 Å². The average Bonchev–Trinajstić information content (AvgIpc) is 3.21. The quantitative estimate of drug-likeness (QED) is 0.464. The van der Waals surface area contributed by atoms with Crippen LogP contribution in [0.4, 0.5) is 5.69 Å². The Morgan fingerprint density at radius 3 is 2.08 bits per heavy atom. The van der Waals surface area contributed by atoms with Crippen LogP contribution in [0.25, 0.3) is 0 Å². The molecular formula is C18H17Br3N2O3. The van der Waals surface area contributed by atoms with E-state index >= 15 is 0 Å². The molecule has 3 amide bonds. The Morgan fingerprint density at radius 2 is 1.58 bits per heavy atom. The Balaban J connectivity index is 1.53. The van der Waals surface area contributed by atoms with Gasteiger partial charge in [0.15, 0.2) is 0 Å². The van der Waals surface area contributed by atoms with Gasteiger partial charge < -0.3 is 5.32 Å². The van der Waals surface area contributed by atoms with Crippen molar-refractivity contribution in [1.29, 1.82) is 0 Å². The summed E-state index contributed by atoms with van der Waals surface area (Å²) in [6.07, 6.45) is 0.881. The molecule has 26 heavy (non-hydrogen) atoms. The largest absolute Gasteiger partial charge is 0.324 e. The zero-order valence-electron chi connectivity index (χ0n) is 13.9. The van der Waals surface area contributed by atoms with Gasteiger partial charge >= 0.3 is 0 Å². The van der Waals surface area contributed by atoms with Crippen molar-refractivity contribution >= 4 is 71.2 Å². The molecule has 1 saturated heterocycles. The predicted octanol–water partition coefficient (Wildman–Crippen LogP) is 3.55. The van der Waals surface area contributed by atoms with E-state index in [9.17, 15) is 14.4 Å². The maximum absolute atomic E-state index is 13.0. The molecule has 1 N–H and O–H groups in total. The molecule has 3 fully saturated rings. The van der Waals surface area contributed by atoms with Crippen LogP contribution in [0.1, 0.15) is 13.3 Å². The number of carbonyl (C=O) groups is 3. The van der Waals surface area contributed by atoms with Crippen molar-refractivity contribution in [1.82, 2.24) is 4.90 Å². The first-order valence-corrected chi connectivity index (χ1v) is 11.1. The molecule has 2 bridgehead atoms. The van der Waals surface area contributed by atoms with E-state index in [1.54, 1.807) is 19.1 Å². The second kappa shape index (κ2) is 6.71. The number of likely N-dealkylation sites (tertiary alicyclic amines) is 1. The molecule has 8 heteroatoms. The third-order valence-corrected chi connectivity index (χ3v) is 9.63. The molecule has 138 valence electrons. The average molecular weight is 549 g/mol. The van der Waals surface area contributed by atoms with Gasteiger partial charge in [0.05, 0.1) is 11.8 Å². The Morgan fingerprint density at radius 1 is 1.08 bits per heavy atom. The molecule has 0 unspecified atom stereocenters. The monoisotopic (exact) mass is 546 g/mol. The lowest BCUT2D eigenvalue weighted by atomic mass is 9.81. The summed E-state index contributed by atoms with van der Waals surface area (Å²) in [5.74, 6) is -1.05. The smallest absolute Gasteiger partial charge is 0.247 e. The second-order valence-corrected chi connectivity index (χ2v) is 10.3. The van der Waals surface area contributed by atoms with Crippen molar-refractivity contribution in [3.8, 4) is 0 Å². The van der Waals surface area contributed by atoms with Crippen molar-refractivity contribution in [2.75, 3.05) is 5.32 Å². The highest BCUT2D eigenvalue weighted by Gasteiger charge is 2.67. The minimum Gasteiger partial charge on any atom is -0.324 e. The number of alkyl halides is 2. The maximum Gasteiger partial charge on any atom is 0.247 e. The number of hydrogen-bond donors (Lipinski definition) is 1. The fraction of sp³-hybridized carbons (Fsp3) is 0.500. The fourth-order valence-corrected chi connectivity index (χ4v) is 6.79. The molecule has 7 atom stereocenters. The van der Waals surface area contributed by atoms with E-state index in [-0.39, 0.29) is 51.0 Å². The standard InChI is InChI=1S/C18H17Br3N2O3/c1-7(16(24)22-9-4-2-8(19)3-5-9)23-17(25)12-10-6-11(13(12)18(23)26)15(21)14(10)20/h2-5,7,10-15H,6H2,1H3,(H,22,24)/t7-,10-,11-,12-,13+,14-,15+/m0/s1. The Bertz CT molecular complexity index is 752. The van der Waals surface area contributed by atoms with Crippen molar-refractivity contribution in [3.63, 3.8) is 0 Å². The molecule has 0 radical (unpaired) electrons. The van der Waals surface area contributed by atoms with Gasteiger partial charge in [0.25, 0.3) is 0 Å². The predicted molar refractivity (Wildman–Crippen MR) is 108 cm³/mol. The summed E-state index contributed by atoms with van der Waals surface area (Å²) < 4.78 is 0.908. The molecule has 1 aliphatic heterocycles. The van der Waals surface area contributed by atoms with E-state index in [1.165, 1.54) is 4.90 Å². The lowest BCUT2D eigenvalue weighted by Gasteiger charge is -2.28. The molecule has 0 spiro atoms. The number of imide groups is 1. The number of anilines is 1. The zero-order valence-corrected chi connectivity index (χ0v) is 18.6. The zero-order chi connectivity index (χ0) is 18.7. The van der Waals surface area contributed by atoms with Crippen LogP contribution in [0.5, 0.6) is 0 Å². The third-order valence-electron chi connectivity index (χ3n) is 5.90. The fourth-order valence-electron chi connectivity index (χ4n) is 4.65. The molecular weight excluding hydrogens is 532 g/mol. The van der Waals surface area contributed by atoms with Crippen LogP contribution < -0.4 is 5.32 Å². The molecule has 1 aromatic rings. The summed E-state index contributed by atoms with van der Waals surface area (Å²) >= 11 is 10.7. The van der Waals surface area contributed by atoms with Gasteiger partial charge in [-0.05, 0) is 49.4 Å². The van der Waals surface area contributed by atoms with E-state index in [2.05, 4.69) is 53.1 Å². The Labute approximate surface area is 176 Å². The van der Waals surface area contributed by atoms with Crippen LogP contribution in [-0.2, 0) is 14.4 Å². The number of nitrogens with one attached hydrogen (secondary N) is 1. The number of hydrogen-bond acceptors (Lipinski definition) is 3. The summed E-state index contributed by atoms with van der Waals surface area (Å²) in [6.45, 7) is 1.62. The number of fused-ring (bicyclic) bond motifs is 5. The summed E-state index contributed by atoms with van der Waals surface area (Å²) in [5, 5.41) is 2.78. The van der Waals surface area contributed by atoms with Crippen LogP contribution in [0, 0.1) is 23.7 Å². The topological polar surface area (TPSA) is 66.5 Å². The van der Waals surface area contributed by atoms with E-state index in [0.717, 1.165) is 10.9 Å². The number of nitrogens with zero attached hydrogens (tertiary/aromatic N) is 1. The molecule has 4 rings (SSSR count). The van der Waals surface area contributed by atoms with Gasteiger partial charge in [-0.25, -0.2) is 0 Å². The van der Waals surface area contributed by atoms with Crippen LogP contribution in [-0.4, -0.2) is 38.3 Å². The normalized spacial score (nSPS) is 36.4. The highest BCUT2D eigenvalue weighted by molar-refractivity contribution is 9.12. The van der Waals surface area contributed by atoms with Gasteiger partial charge in [-0.1, -0.05) is 47.8 Å². The van der Waals surface area contributed by atoms with Gasteiger partial charge in [-0.3, -0.25) is 19.3 Å². The Hall–Kier alpha value is -0.730. The van der Waals surface area contributed by atoms with E-state index in [1.807, 2.05) is 12.1 Å². The molecule has 3 aliphatic rings. The van der Waals surface area contributed by atoms with Crippen LogP contribution in [0.2, 0.25) is 0 Å². The molecule has 2 aliphatic carbocycles. The summed E-state index contributed by atoms with van der Waals surface area (Å²) in [6, 6.07) is 6.34. The van der Waals surface area contributed by atoms with E-state index < -0.39 is 6.04 Å². The van der Waals surface area contributed by atoms with Crippen LogP contribution in [0.15, 0.2) is 28.7 Å². The highest BCUT2D eigenvalue weighted by Crippen LogP contribution is 2.60. The van der Waals surface area contributed by atoms with Crippen molar-refractivity contribution < 1.29 is 14.4 Å². The van der Waals surface area contributed by atoms with Gasteiger partial charge in [-0.2, -0.15) is 0 Å². The van der Waals surface area contributed by atoms with Crippen molar-refractivity contribution in [2.24, 2.45) is 23.7 Å². The maximum atomic E-state index is 13.0. The van der Waals surface area contributed by atoms with E-state index in [4.69, 9.17) is 0 Å². The lowest BCUT2D eigenvalue weighted by molar-refractivity contribution is -0.146. The number of benzene rings is 1. The molecule has 5 nitrogen and oxygen atoms in total. The molecule has 1 heterocycles. The SMILES string of the molecule is C[C@@H](C(=O)Nc1ccc(Br)cc1)N1C(=O)[C@@H]2[C@@H]3C[C@H]([C@H](Br)[C@@H]3Br)[C@@H]2C1=O. The number of amides is 3. The van der Waals surface area contributed by atoms with Gasteiger partial charge in [-0.15, -0.1) is 0 Å². The molecule has 2 saturated carbocycles. The molecule has 1 aromatic carbocycles. The molecule has 0 aromatic heterocycles. The van der Waals surface area contributed by atoms with Crippen molar-refractivity contribution in [2.45, 2.75) is 29.0 Å². The number of carbonyl (C=O) groups excluding carboxylic acids is 3.